The molecule has 1 aromatic carbocycles. The van der Waals surface area contributed by atoms with Crippen molar-refractivity contribution in [3.05, 3.63) is 30.0 Å². The van der Waals surface area contributed by atoms with Crippen LogP contribution >= 0.6 is 0 Å². The highest BCUT2D eigenvalue weighted by molar-refractivity contribution is 5.93. The molecule has 1 aliphatic rings. The average Bonchev–Trinajstić information content (AvgIpc) is 3.17. The molecule has 0 unspecified atom stereocenters. The maximum Gasteiger partial charge on any atom is 0.0727 e. The number of nitrogens with zero attached hydrogens (tertiary/aromatic N) is 1. The minimum atomic E-state index is 0.532. The number of hydrogen-bond donors (Lipinski definition) is 2. The molecule has 1 heterocycles. The highest BCUT2D eigenvalue weighted by Crippen LogP contribution is 2.48. The SMILES string of the molecule is CCC1(CNc2cc(C)nc3ccc(N)cc23)CC1. The van der Waals surface area contributed by atoms with Crippen LogP contribution in [0.2, 0.25) is 0 Å². The van der Waals surface area contributed by atoms with Gasteiger partial charge in [-0.05, 0) is 55.9 Å². The first kappa shape index (κ1) is 12.3. The third-order valence-electron chi connectivity index (χ3n) is 4.32. The molecule has 100 valence electrons. The minimum Gasteiger partial charge on any atom is -0.399 e. The van der Waals surface area contributed by atoms with Gasteiger partial charge < -0.3 is 11.1 Å². The Bertz CT molecular complexity index is 615. The number of anilines is 2. The first-order valence-electron chi connectivity index (χ1n) is 7.03. The lowest BCUT2D eigenvalue weighted by Crippen LogP contribution is -2.14. The van der Waals surface area contributed by atoms with Crippen LogP contribution in [-0.2, 0) is 0 Å². The van der Waals surface area contributed by atoms with Crippen molar-refractivity contribution in [2.24, 2.45) is 5.41 Å². The second-order valence-electron chi connectivity index (χ2n) is 5.79. The van der Waals surface area contributed by atoms with Crippen molar-refractivity contribution < 1.29 is 0 Å². The molecule has 19 heavy (non-hydrogen) atoms. The Morgan fingerprint density at radius 1 is 1.32 bits per heavy atom. The second kappa shape index (κ2) is 4.41. The van der Waals surface area contributed by atoms with Crippen LogP contribution in [-0.4, -0.2) is 11.5 Å². The van der Waals surface area contributed by atoms with Crippen LogP contribution in [0.3, 0.4) is 0 Å². The van der Waals surface area contributed by atoms with Crippen molar-refractivity contribution in [1.82, 2.24) is 4.98 Å². The summed E-state index contributed by atoms with van der Waals surface area (Å²) < 4.78 is 0. The van der Waals surface area contributed by atoms with E-state index in [4.69, 9.17) is 5.73 Å². The van der Waals surface area contributed by atoms with E-state index in [0.29, 0.717) is 5.41 Å². The molecule has 0 radical (unpaired) electrons. The molecule has 1 aromatic heterocycles. The number of hydrogen-bond acceptors (Lipinski definition) is 3. The summed E-state index contributed by atoms with van der Waals surface area (Å²) in [5.41, 5.74) is 10.4. The van der Waals surface area contributed by atoms with E-state index in [-0.39, 0.29) is 0 Å². The van der Waals surface area contributed by atoms with Gasteiger partial charge >= 0.3 is 0 Å². The lowest BCUT2D eigenvalue weighted by Gasteiger charge is -2.16. The van der Waals surface area contributed by atoms with E-state index >= 15 is 0 Å². The fraction of sp³-hybridized carbons (Fsp3) is 0.438. The standard InChI is InChI=1S/C16H21N3/c1-3-16(6-7-16)10-18-15-8-11(2)19-14-5-4-12(17)9-13(14)15/h4-5,8-9H,3,6-7,10,17H2,1-2H3,(H,18,19). The molecule has 0 saturated heterocycles. The minimum absolute atomic E-state index is 0.532. The van der Waals surface area contributed by atoms with E-state index < -0.39 is 0 Å². The fourth-order valence-electron chi connectivity index (χ4n) is 2.64. The Kier molecular flexibility index (Phi) is 2.85. The third-order valence-corrected chi connectivity index (χ3v) is 4.32. The zero-order chi connectivity index (χ0) is 13.5. The van der Waals surface area contributed by atoms with E-state index in [2.05, 4.69) is 23.3 Å². The summed E-state index contributed by atoms with van der Waals surface area (Å²) >= 11 is 0. The number of benzene rings is 1. The molecule has 2 aromatic rings. The number of rotatable bonds is 4. The highest BCUT2D eigenvalue weighted by Gasteiger charge is 2.40. The first-order chi connectivity index (χ1) is 9.12. The number of pyridine rings is 1. The summed E-state index contributed by atoms with van der Waals surface area (Å²) in [6, 6.07) is 8.03. The van der Waals surface area contributed by atoms with Crippen LogP contribution in [0.15, 0.2) is 24.3 Å². The van der Waals surface area contributed by atoms with Crippen molar-refractivity contribution in [1.29, 1.82) is 0 Å². The Balaban J connectivity index is 1.94. The number of aryl methyl sites for hydroxylation is 1. The number of nitrogen functional groups attached to an aromatic ring is 1. The summed E-state index contributed by atoms with van der Waals surface area (Å²) in [6.45, 7) is 5.37. The normalized spacial score (nSPS) is 16.5. The Morgan fingerprint density at radius 2 is 2.11 bits per heavy atom. The smallest absolute Gasteiger partial charge is 0.0727 e. The number of nitrogens with two attached hydrogens (primary N) is 1. The van der Waals surface area contributed by atoms with Gasteiger partial charge in [-0.15, -0.1) is 0 Å². The molecule has 3 N–H and O–H groups in total. The van der Waals surface area contributed by atoms with Gasteiger partial charge in [-0.3, -0.25) is 4.98 Å². The van der Waals surface area contributed by atoms with Gasteiger partial charge in [-0.25, -0.2) is 0 Å². The second-order valence-corrected chi connectivity index (χ2v) is 5.79. The van der Waals surface area contributed by atoms with Crippen molar-refractivity contribution >= 4 is 22.3 Å². The third kappa shape index (κ3) is 2.37. The molecule has 3 heteroatoms. The average molecular weight is 255 g/mol. The highest BCUT2D eigenvalue weighted by atomic mass is 14.9. The van der Waals surface area contributed by atoms with Crippen LogP contribution in [0.5, 0.6) is 0 Å². The lowest BCUT2D eigenvalue weighted by atomic mass is 10.0. The molecule has 3 rings (SSSR count). The first-order valence-corrected chi connectivity index (χ1v) is 7.03. The van der Waals surface area contributed by atoms with Crippen molar-refractivity contribution in [2.75, 3.05) is 17.6 Å². The van der Waals surface area contributed by atoms with E-state index in [0.717, 1.165) is 34.5 Å². The lowest BCUT2D eigenvalue weighted by molar-refractivity contribution is 0.521. The van der Waals surface area contributed by atoms with Gasteiger partial charge in [-0.1, -0.05) is 6.92 Å². The predicted octanol–water partition coefficient (Wildman–Crippen LogP) is 3.73. The summed E-state index contributed by atoms with van der Waals surface area (Å²) in [4.78, 5) is 4.56. The Labute approximate surface area is 114 Å². The molecular formula is C16H21N3. The van der Waals surface area contributed by atoms with Crippen LogP contribution in [0.25, 0.3) is 10.9 Å². The summed E-state index contributed by atoms with van der Waals surface area (Å²) in [7, 11) is 0. The quantitative estimate of drug-likeness (QED) is 0.818. The van der Waals surface area contributed by atoms with Crippen LogP contribution in [0.1, 0.15) is 31.9 Å². The molecule has 3 nitrogen and oxygen atoms in total. The van der Waals surface area contributed by atoms with Crippen molar-refractivity contribution in [3.8, 4) is 0 Å². The van der Waals surface area contributed by atoms with Gasteiger partial charge in [0.05, 0.1) is 5.52 Å². The maximum absolute atomic E-state index is 5.90. The molecule has 0 bridgehead atoms. The Morgan fingerprint density at radius 3 is 2.79 bits per heavy atom. The maximum atomic E-state index is 5.90. The summed E-state index contributed by atoms with van der Waals surface area (Å²) in [5, 5.41) is 4.74. The van der Waals surface area contributed by atoms with Crippen molar-refractivity contribution in [2.45, 2.75) is 33.1 Å². The van der Waals surface area contributed by atoms with Gasteiger partial charge in [0.2, 0.25) is 0 Å². The molecule has 0 amide bonds. The monoisotopic (exact) mass is 255 g/mol. The van der Waals surface area contributed by atoms with E-state index in [9.17, 15) is 0 Å². The fourth-order valence-corrected chi connectivity index (χ4v) is 2.64. The van der Waals surface area contributed by atoms with Gasteiger partial charge in [-0.2, -0.15) is 0 Å². The molecule has 1 saturated carbocycles. The van der Waals surface area contributed by atoms with Crippen LogP contribution < -0.4 is 11.1 Å². The largest absolute Gasteiger partial charge is 0.399 e. The van der Waals surface area contributed by atoms with Gasteiger partial charge in [0, 0.05) is 29.0 Å². The number of nitrogens with one attached hydrogen (secondary N) is 1. The zero-order valence-corrected chi connectivity index (χ0v) is 11.7. The molecule has 0 atom stereocenters. The van der Waals surface area contributed by atoms with Crippen LogP contribution in [0, 0.1) is 12.3 Å². The number of aromatic nitrogens is 1. The summed E-state index contributed by atoms with van der Waals surface area (Å²) in [6.07, 6.45) is 3.95. The van der Waals surface area contributed by atoms with E-state index in [1.807, 2.05) is 25.1 Å². The summed E-state index contributed by atoms with van der Waals surface area (Å²) in [5.74, 6) is 0. The molecule has 1 aliphatic carbocycles. The molecule has 0 aliphatic heterocycles. The molecule has 0 spiro atoms. The topological polar surface area (TPSA) is 50.9 Å². The zero-order valence-electron chi connectivity index (χ0n) is 11.7. The van der Waals surface area contributed by atoms with Gasteiger partial charge in [0.25, 0.3) is 0 Å². The predicted molar refractivity (Wildman–Crippen MR) is 81.3 cm³/mol. The van der Waals surface area contributed by atoms with Gasteiger partial charge in [0.1, 0.15) is 0 Å². The van der Waals surface area contributed by atoms with Gasteiger partial charge in [0.15, 0.2) is 0 Å². The molecular weight excluding hydrogens is 234 g/mol. The Hall–Kier alpha value is -1.77. The number of fused-ring (bicyclic) bond motifs is 1. The van der Waals surface area contributed by atoms with E-state index in [1.165, 1.54) is 19.3 Å². The van der Waals surface area contributed by atoms with E-state index in [1.54, 1.807) is 0 Å². The van der Waals surface area contributed by atoms with Crippen molar-refractivity contribution in [3.63, 3.8) is 0 Å². The van der Waals surface area contributed by atoms with Crippen LogP contribution in [0.4, 0.5) is 11.4 Å². The molecule has 1 fully saturated rings.